The molecular weight excluding hydrogens is 317 g/mol. The summed E-state index contributed by atoms with van der Waals surface area (Å²) in [5, 5.41) is 1.72. The Bertz CT molecular complexity index is 629. The van der Waals surface area contributed by atoms with Gasteiger partial charge in [-0.2, -0.15) is 0 Å². The Balaban J connectivity index is 2.56. The van der Waals surface area contributed by atoms with Crippen LogP contribution in [-0.2, 0) is 6.54 Å². The van der Waals surface area contributed by atoms with E-state index >= 15 is 0 Å². The number of rotatable bonds is 4. The van der Waals surface area contributed by atoms with E-state index in [1.54, 1.807) is 18.2 Å². The average molecular weight is 331 g/mol. The standard InChI is InChI=1S/C15H14Cl3NO/c1-2-20-15-7-13(17)12(6-14(15)18)11-4-3-10(16)5-9(11)8-19/h3-7H,2,8,19H2,1H3. The highest BCUT2D eigenvalue weighted by Gasteiger charge is 2.13. The summed E-state index contributed by atoms with van der Waals surface area (Å²) in [4.78, 5) is 0. The molecule has 2 aromatic rings. The Morgan fingerprint density at radius 1 is 1.00 bits per heavy atom. The molecule has 0 atom stereocenters. The molecule has 2 aromatic carbocycles. The molecule has 106 valence electrons. The van der Waals surface area contributed by atoms with Crippen LogP contribution in [0.15, 0.2) is 30.3 Å². The average Bonchev–Trinajstić information content (AvgIpc) is 2.43. The van der Waals surface area contributed by atoms with Crippen LogP contribution in [-0.4, -0.2) is 6.61 Å². The molecule has 0 amide bonds. The molecule has 2 nitrogen and oxygen atoms in total. The zero-order valence-electron chi connectivity index (χ0n) is 10.9. The first-order valence-corrected chi connectivity index (χ1v) is 7.31. The molecule has 0 saturated heterocycles. The number of hydrogen-bond donors (Lipinski definition) is 1. The van der Waals surface area contributed by atoms with Gasteiger partial charge in [0, 0.05) is 23.2 Å². The summed E-state index contributed by atoms with van der Waals surface area (Å²) in [6.45, 7) is 2.80. The topological polar surface area (TPSA) is 35.2 Å². The Kier molecular flexibility index (Phi) is 5.17. The van der Waals surface area contributed by atoms with Gasteiger partial charge in [0.15, 0.2) is 0 Å². The maximum atomic E-state index is 6.33. The third kappa shape index (κ3) is 3.21. The van der Waals surface area contributed by atoms with Gasteiger partial charge in [-0.25, -0.2) is 0 Å². The van der Waals surface area contributed by atoms with E-state index in [1.165, 1.54) is 0 Å². The van der Waals surface area contributed by atoms with Crippen molar-refractivity contribution < 1.29 is 4.74 Å². The maximum Gasteiger partial charge on any atom is 0.139 e. The van der Waals surface area contributed by atoms with Crippen LogP contribution in [0.4, 0.5) is 0 Å². The van der Waals surface area contributed by atoms with Crippen LogP contribution in [0.2, 0.25) is 15.1 Å². The predicted octanol–water partition coefficient (Wildman–Crippen LogP) is 5.17. The van der Waals surface area contributed by atoms with E-state index in [9.17, 15) is 0 Å². The first kappa shape index (κ1) is 15.5. The van der Waals surface area contributed by atoms with Crippen LogP contribution in [0, 0.1) is 0 Å². The molecule has 5 heteroatoms. The quantitative estimate of drug-likeness (QED) is 0.839. The molecule has 2 N–H and O–H groups in total. The van der Waals surface area contributed by atoms with E-state index in [0.717, 1.165) is 16.7 Å². The van der Waals surface area contributed by atoms with Gasteiger partial charge < -0.3 is 10.5 Å². The van der Waals surface area contributed by atoms with Crippen LogP contribution >= 0.6 is 34.8 Å². The van der Waals surface area contributed by atoms with Crippen molar-refractivity contribution in [1.82, 2.24) is 0 Å². The summed E-state index contributed by atoms with van der Waals surface area (Å²) in [7, 11) is 0. The summed E-state index contributed by atoms with van der Waals surface area (Å²) < 4.78 is 5.42. The Hall–Kier alpha value is -0.930. The SMILES string of the molecule is CCOc1cc(Cl)c(-c2ccc(Cl)cc2CN)cc1Cl. The van der Waals surface area contributed by atoms with Crippen LogP contribution in [0.3, 0.4) is 0 Å². The molecule has 0 aliphatic carbocycles. The van der Waals surface area contributed by atoms with E-state index in [4.69, 9.17) is 45.3 Å². The summed E-state index contributed by atoms with van der Waals surface area (Å²) in [6.07, 6.45) is 0. The van der Waals surface area contributed by atoms with Crippen molar-refractivity contribution in [1.29, 1.82) is 0 Å². The number of benzene rings is 2. The van der Waals surface area contributed by atoms with Gasteiger partial charge in [-0.1, -0.05) is 40.9 Å². The number of hydrogen-bond acceptors (Lipinski definition) is 2. The highest BCUT2D eigenvalue weighted by atomic mass is 35.5. The van der Waals surface area contributed by atoms with E-state index in [-0.39, 0.29) is 0 Å². The van der Waals surface area contributed by atoms with Crippen molar-refractivity contribution in [2.75, 3.05) is 6.61 Å². The normalized spacial score (nSPS) is 10.7. The van der Waals surface area contributed by atoms with Gasteiger partial charge in [0.05, 0.1) is 16.7 Å². The number of ether oxygens (including phenoxy) is 1. The molecule has 0 bridgehead atoms. The van der Waals surface area contributed by atoms with Crippen LogP contribution in [0.25, 0.3) is 11.1 Å². The van der Waals surface area contributed by atoms with Gasteiger partial charge in [-0.3, -0.25) is 0 Å². The van der Waals surface area contributed by atoms with E-state index < -0.39 is 0 Å². The monoisotopic (exact) mass is 329 g/mol. The van der Waals surface area contributed by atoms with Crippen LogP contribution < -0.4 is 10.5 Å². The lowest BCUT2D eigenvalue weighted by molar-refractivity contribution is 0.340. The first-order chi connectivity index (χ1) is 9.56. The minimum atomic E-state index is 0.372. The third-order valence-corrected chi connectivity index (χ3v) is 3.74. The molecule has 0 unspecified atom stereocenters. The van der Waals surface area contributed by atoms with Crippen molar-refractivity contribution in [3.8, 4) is 16.9 Å². The lowest BCUT2D eigenvalue weighted by Crippen LogP contribution is -2.00. The largest absolute Gasteiger partial charge is 0.492 e. The Labute approximate surface area is 133 Å². The predicted molar refractivity (Wildman–Crippen MR) is 86.0 cm³/mol. The molecule has 2 rings (SSSR count). The molecule has 0 saturated carbocycles. The summed E-state index contributed by atoms with van der Waals surface area (Å²) in [6, 6.07) is 9.03. The zero-order valence-corrected chi connectivity index (χ0v) is 13.2. The molecule has 0 aliphatic heterocycles. The molecule has 0 fully saturated rings. The fourth-order valence-electron chi connectivity index (χ4n) is 2.00. The minimum absolute atomic E-state index is 0.372. The van der Waals surface area contributed by atoms with Gasteiger partial charge >= 0.3 is 0 Å². The zero-order chi connectivity index (χ0) is 14.7. The second-order valence-corrected chi connectivity index (χ2v) is 5.45. The van der Waals surface area contributed by atoms with Crippen molar-refractivity contribution in [3.63, 3.8) is 0 Å². The van der Waals surface area contributed by atoms with Gasteiger partial charge in [0.1, 0.15) is 5.75 Å². The van der Waals surface area contributed by atoms with E-state index in [0.29, 0.717) is 34.0 Å². The number of halogens is 3. The van der Waals surface area contributed by atoms with Gasteiger partial charge in [-0.05, 0) is 36.2 Å². The molecule has 0 spiro atoms. The van der Waals surface area contributed by atoms with Crippen molar-refractivity contribution in [3.05, 3.63) is 51.0 Å². The van der Waals surface area contributed by atoms with Crippen LogP contribution in [0.5, 0.6) is 5.75 Å². The van der Waals surface area contributed by atoms with Crippen LogP contribution in [0.1, 0.15) is 12.5 Å². The van der Waals surface area contributed by atoms with Crippen molar-refractivity contribution in [2.45, 2.75) is 13.5 Å². The second kappa shape index (κ2) is 6.68. The fourth-order valence-corrected chi connectivity index (χ4v) is 2.66. The first-order valence-electron chi connectivity index (χ1n) is 6.17. The Morgan fingerprint density at radius 3 is 2.40 bits per heavy atom. The number of nitrogens with two attached hydrogens (primary N) is 1. The maximum absolute atomic E-state index is 6.33. The molecule has 20 heavy (non-hydrogen) atoms. The highest BCUT2D eigenvalue weighted by Crippen LogP contribution is 2.38. The second-order valence-electron chi connectivity index (χ2n) is 4.20. The Morgan fingerprint density at radius 2 is 1.75 bits per heavy atom. The van der Waals surface area contributed by atoms with E-state index in [2.05, 4.69) is 0 Å². The van der Waals surface area contributed by atoms with Crippen molar-refractivity contribution >= 4 is 34.8 Å². The fraction of sp³-hybridized carbons (Fsp3) is 0.200. The van der Waals surface area contributed by atoms with Gasteiger partial charge in [0.2, 0.25) is 0 Å². The summed E-state index contributed by atoms with van der Waals surface area (Å²) >= 11 is 18.5. The lowest BCUT2D eigenvalue weighted by Gasteiger charge is -2.13. The lowest BCUT2D eigenvalue weighted by atomic mass is 9.99. The van der Waals surface area contributed by atoms with E-state index in [1.807, 2.05) is 19.1 Å². The molecular formula is C15H14Cl3NO. The summed E-state index contributed by atoms with van der Waals surface area (Å²) in [5.41, 5.74) is 8.42. The van der Waals surface area contributed by atoms with Crippen molar-refractivity contribution in [2.24, 2.45) is 5.73 Å². The molecule has 0 aliphatic rings. The minimum Gasteiger partial charge on any atom is -0.492 e. The third-order valence-electron chi connectivity index (χ3n) is 2.90. The van der Waals surface area contributed by atoms with Gasteiger partial charge in [0.25, 0.3) is 0 Å². The summed E-state index contributed by atoms with van der Waals surface area (Å²) in [5.74, 6) is 0.575. The molecule has 0 aromatic heterocycles. The molecule has 0 heterocycles. The highest BCUT2D eigenvalue weighted by molar-refractivity contribution is 6.36. The smallest absolute Gasteiger partial charge is 0.139 e. The molecule has 0 radical (unpaired) electrons. The van der Waals surface area contributed by atoms with Gasteiger partial charge in [-0.15, -0.1) is 0 Å².